The first-order valence-corrected chi connectivity index (χ1v) is 5.62. The molecule has 0 aliphatic heterocycles. The van der Waals surface area contributed by atoms with Crippen LogP contribution in [0.4, 0.5) is 8.78 Å². The normalized spacial score (nSPS) is 10.5. The number of benzene rings is 1. The summed E-state index contributed by atoms with van der Waals surface area (Å²) < 4.78 is 30.1. The Kier molecular flexibility index (Phi) is 5.41. The Bertz CT molecular complexity index is 472. The number of carboxylic acid groups (broad SMARTS) is 1. The van der Waals surface area contributed by atoms with Crippen LogP contribution < -0.4 is 0 Å². The first-order chi connectivity index (χ1) is 8.93. The van der Waals surface area contributed by atoms with Crippen molar-refractivity contribution < 1.29 is 28.2 Å². The maximum Gasteiger partial charge on any atom is 0.307 e. The molecule has 0 aromatic heterocycles. The molecule has 0 amide bonds. The largest absolute Gasteiger partial charge is 0.481 e. The predicted molar refractivity (Wildman–Crippen MR) is 63.1 cm³/mol. The number of hydrogen-bond donors (Lipinski definition) is 1. The Labute approximate surface area is 109 Å². The Morgan fingerprint density at radius 1 is 1.37 bits per heavy atom. The van der Waals surface area contributed by atoms with E-state index in [-0.39, 0.29) is 24.0 Å². The number of ether oxygens (including phenoxy) is 1. The van der Waals surface area contributed by atoms with Crippen LogP contribution in [-0.4, -0.2) is 24.2 Å². The van der Waals surface area contributed by atoms with E-state index in [9.17, 15) is 18.4 Å². The predicted octanol–water partition coefficient (Wildman–Crippen LogP) is 2.36. The van der Waals surface area contributed by atoms with Crippen molar-refractivity contribution in [3.63, 3.8) is 0 Å². The molecule has 0 spiro atoms. The van der Waals surface area contributed by atoms with Crippen molar-refractivity contribution in [1.29, 1.82) is 0 Å². The quantitative estimate of drug-likeness (QED) is 0.807. The van der Waals surface area contributed by atoms with E-state index >= 15 is 0 Å². The van der Waals surface area contributed by atoms with E-state index in [2.05, 4.69) is 4.74 Å². The smallest absolute Gasteiger partial charge is 0.307 e. The average molecular weight is 272 g/mol. The van der Waals surface area contributed by atoms with Crippen LogP contribution in [0.3, 0.4) is 0 Å². The van der Waals surface area contributed by atoms with Gasteiger partial charge in [-0.25, -0.2) is 8.78 Å². The number of alkyl halides is 2. The highest BCUT2D eigenvalue weighted by atomic mass is 19.3. The summed E-state index contributed by atoms with van der Waals surface area (Å²) in [6, 6.07) is 4.15. The number of aryl methyl sites for hydroxylation is 1. The molecule has 0 aliphatic rings. The van der Waals surface area contributed by atoms with Crippen molar-refractivity contribution >= 4 is 11.9 Å². The second kappa shape index (κ2) is 6.82. The molecule has 0 saturated carbocycles. The van der Waals surface area contributed by atoms with Crippen LogP contribution in [0.15, 0.2) is 18.2 Å². The molecule has 0 fully saturated rings. The molecule has 0 radical (unpaired) electrons. The molecule has 0 aliphatic carbocycles. The van der Waals surface area contributed by atoms with Gasteiger partial charge in [0.05, 0.1) is 13.5 Å². The van der Waals surface area contributed by atoms with Gasteiger partial charge in [0, 0.05) is 12.0 Å². The van der Waals surface area contributed by atoms with Gasteiger partial charge in [-0.2, -0.15) is 0 Å². The topological polar surface area (TPSA) is 63.6 Å². The van der Waals surface area contributed by atoms with Crippen LogP contribution in [0.1, 0.15) is 29.5 Å². The highest BCUT2D eigenvalue weighted by Crippen LogP contribution is 2.25. The Hall–Kier alpha value is -1.98. The summed E-state index contributed by atoms with van der Waals surface area (Å²) in [5.74, 6) is -1.59. The van der Waals surface area contributed by atoms with Crippen LogP contribution in [0.2, 0.25) is 0 Å². The molecule has 104 valence electrons. The molecule has 1 aromatic carbocycles. The van der Waals surface area contributed by atoms with Crippen molar-refractivity contribution in [3.8, 4) is 0 Å². The van der Waals surface area contributed by atoms with Gasteiger partial charge >= 0.3 is 11.9 Å². The van der Waals surface area contributed by atoms with Gasteiger partial charge in [-0.1, -0.05) is 12.1 Å². The average Bonchev–Trinajstić information content (AvgIpc) is 2.36. The van der Waals surface area contributed by atoms with Crippen LogP contribution >= 0.6 is 0 Å². The Morgan fingerprint density at radius 2 is 2.05 bits per heavy atom. The minimum absolute atomic E-state index is 0.0873. The number of methoxy groups -OCH3 is 1. The lowest BCUT2D eigenvalue weighted by Crippen LogP contribution is -2.06. The summed E-state index contributed by atoms with van der Waals surface area (Å²) in [5.41, 5.74) is 0.337. The van der Waals surface area contributed by atoms with E-state index in [1.165, 1.54) is 19.2 Å². The van der Waals surface area contributed by atoms with Gasteiger partial charge in [0.2, 0.25) is 0 Å². The molecule has 1 rings (SSSR count). The van der Waals surface area contributed by atoms with Gasteiger partial charge < -0.3 is 9.84 Å². The fourth-order valence-electron chi connectivity index (χ4n) is 1.68. The van der Waals surface area contributed by atoms with Gasteiger partial charge in [0.15, 0.2) is 0 Å². The first kappa shape index (κ1) is 15.1. The van der Waals surface area contributed by atoms with Crippen molar-refractivity contribution in [2.45, 2.75) is 25.7 Å². The minimum Gasteiger partial charge on any atom is -0.481 e. The molecular formula is C13H14F2O4. The van der Waals surface area contributed by atoms with E-state index < -0.39 is 24.8 Å². The highest BCUT2D eigenvalue weighted by Gasteiger charge is 2.16. The summed E-state index contributed by atoms with van der Waals surface area (Å²) in [4.78, 5) is 21.5. The standard InChI is InChI=1S/C13H14F2O4/c1-19-12(18)5-3-8-2-4-9(7-11(16)17)10(6-8)13(14)15/h2,4,6,13H,3,5,7H2,1H3,(H,16,17). The number of carbonyl (C=O) groups excluding carboxylic acids is 1. The lowest BCUT2D eigenvalue weighted by atomic mass is 9.99. The zero-order valence-electron chi connectivity index (χ0n) is 10.4. The van der Waals surface area contributed by atoms with Crippen LogP contribution in [0.25, 0.3) is 0 Å². The second-order valence-electron chi connectivity index (χ2n) is 3.98. The molecule has 0 saturated heterocycles. The molecule has 19 heavy (non-hydrogen) atoms. The summed E-state index contributed by atoms with van der Waals surface area (Å²) in [6.45, 7) is 0. The van der Waals surface area contributed by atoms with Crippen molar-refractivity contribution in [2.75, 3.05) is 7.11 Å². The molecule has 0 unspecified atom stereocenters. The number of rotatable bonds is 6. The SMILES string of the molecule is COC(=O)CCc1ccc(CC(=O)O)c(C(F)F)c1. The second-order valence-corrected chi connectivity index (χ2v) is 3.98. The summed E-state index contributed by atoms with van der Waals surface area (Å²) in [7, 11) is 1.25. The Morgan fingerprint density at radius 3 is 2.58 bits per heavy atom. The molecule has 6 heteroatoms. The van der Waals surface area contributed by atoms with Gasteiger partial charge in [-0.15, -0.1) is 0 Å². The Balaban J connectivity index is 2.89. The molecule has 4 nitrogen and oxygen atoms in total. The third-order valence-corrected chi connectivity index (χ3v) is 2.63. The van der Waals surface area contributed by atoms with Gasteiger partial charge in [-0.3, -0.25) is 9.59 Å². The third-order valence-electron chi connectivity index (χ3n) is 2.63. The number of esters is 1. The molecule has 1 aromatic rings. The summed E-state index contributed by atoms with van der Waals surface area (Å²) in [5, 5.41) is 8.64. The fraction of sp³-hybridized carbons (Fsp3) is 0.385. The van der Waals surface area contributed by atoms with Crippen molar-refractivity contribution in [2.24, 2.45) is 0 Å². The number of carbonyl (C=O) groups is 2. The van der Waals surface area contributed by atoms with Gasteiger partial charge in [-0.05, 0) is 23.6 Å². The van der Waals surface area contributed by atoms with E-state index in [0.717, 1.165) is 0 Å². The first-order valence-electron chi connectivity index (χ1n) is 5.62. The van der Waals surface area contributed by atoms with Gasteiger partial charge in [0.25, 0.3) is 6.43 Å². The molecule has 1 N–H and O–H groups in total. The van der Waals surface area contributed by atoms with Gasteiger partial charge in [0.1, 0.15) is 0 Å². The van der Waals surface area contributed by atoms with E-state index in [1.807, 2.05) is 0 Å². The van der Waals surface area contributed by atoms with E-state index in [0.29, 0.717) is 5.56 Å². The number of aliphatic carboxylic acids is 1. The number of hydrogen-bond acceptors (Lipinski definition) is 3. The maximum absolute atomic E-state index is 12.8. The third kappa shape index (κ3) is 4.65. The molecular weight excluding hydrogens is 258 g/mol. The zero-order valence-corrected chi connectivity index (χ0v) is 10.4. The molecule has 0 bridgehead atoms. The monoisotopic (exact) mass is 272 g/mol. The maximum atomic E-state index is 12.8. The van der Waals surface area contributed by atoms with Crippen LogP contribution in [0.5, 0.6) is 0 Å². The number of halogens is 2. The number of carboxylic acids is 1. The van der Waals surface area contributed by atoms with Crippen molar-refractivity contribution in [3.05, 3.63) is 34.9 Å². The van der Waals surface area contributed by atoms with E-state index in [1.54, 1.807) is 6.07 Å². The van der Waals surface area contributed by atoms with Crippen LogP contribution in [0, 0.1) is 0 Å². The highest BCUT2D eigenvalue weighted by molar-refractivity contribution is 5.71. The lowest BCUT2D eigenvalue weighted by molar-refractivity contribution is -0.140. The minimum atomic E-state index is -2.74. The van der Waals surface area contributed by atoms with Crippen molar-refractivity contribution in [1.82, 2.24) is 0 Å². The summed E-state index contributed by atoms with van der Waals surface area (Å²) >= 11 is 0. The summed E-state index contributed by atoms with van der Waals surface area (Å²) in [6.07, 6.45) is -2.82. The zero-order chi connectivity index (χ0) is 14.4. The lowest BCUT2D eigenvalue weighted by Gasteiger charge is -2.09. The van der Waals surface area contributed by atoms with E-state index in [4.69, 9.17) is 5.11 Å². The fourth-order valence-corrected chi connectivity index (χ4v) is 1.68. The molecule has 0 atom stereocenters. The van der Waals surface area contributed by atoms with Crippen LogP contribution in [-0.2, 0) is 27.2 Å². The molecule has 0 heterocycles.